The molecule has 1 heterocycles. The highest BCUT2D eigenvalue weighted by atomic mass is 16.5. The van der Waals surface area contributed by atoms with Crippen LogP contribution < -0.4 is 0 Å². The van der Waals surface area contributed by atoms with Crippen molar-refractivity contribution in [2.75, 3.05) is 39.6 Å². The number of nitrogens with zero attached hydrogens (tertiary/aromatic N) is 3. The van der Waals surface area contributed by atoms with Crippen molar-refractivity contribution in [3.63, 3.8) is 0 Å². The van der Waals surface area contributed by atoms with Crippen molar-refractivity contribution in [1.82, 2.24) is 15.0 Å². The summed E-state index contributed by atoms with van der Waals surface area (Å²) in [7, 11) is 0. The Kier molecular flexibility index (Phi) is 11.6. The van der Waals surface area contributed by atoms with E-state index in [0.29, 0.717) is 52.1 Å². The number of hydrogen-bond donors (Lipinski definition) is 0. The lowest BCUT2D eigenvalue weighted by Crippen LogP contribution is -2.12. The van der Waals surface area contributed by atoms with Crippen LogP contribution in [0.25, 0.3) is 0 Å². The zero-order valence-corrected chi connectivity index (χ0v) is 15.6. The quantitative estimate of drug-likeness (QED) is 0.455. The van der Waals surface area contributed by atoms with Crippen molar-refractivity contribution in [2.24, 2.45) is 5.92 Å². The van der Waals surface area contributed by atoms with Gasteiger partial charge in [0.05, 0.1) is 58.5 Å². The Labute approximate surface area is 145 Å². The highest BCUT2D eigenvalue weighted by Crippen LogP contribution is 1.99. The molecule has 7 heteroatoms. The van der Waals surface area contributed by atoms with E-state index in [1.54, 1.807) is 4.68 Å². The molecule has 0 spiro atoms. The topological polar surface area (TPSA) is 67.6 Å². The van der Waals surface area contributed by atoms with Gasteiger partial charge in [-0.05, 0) is 26.2 Å². The molecule has 0 aliphatic rings. The van der Waals surface area contributed by atoms with E-state index in [9.17, 15) is 0 Å². The molecule has 0 fully saturated rings. The lowest BCUT2D eigenvalue weighted by molar-refractivity contribution is 0.0170. The molecule has 0 unspecified atom stereocenters. The first-order chi connectivity index (χ1) is 11.6. The summed E-state index contributed by atoms with van der Waals surface area (Å²) in [5, 5.41) is 8.13. The van der Waals surface area contributed by atoms with Crippen molar-refractivity contribution in [1.29, 1.82) is 0 Å². The van der Waals surface area contributed by atoms with Crippen molar-refractivity contribution in [3.8, 4) is 0 Å². The number of aromatic nitrogens is 3. The maximum Gasteiger partial charge on any atom is 0.108 e. The molecule has 1 aromatic heterocycles. The summed E-state index contributed by atoms with van der Waals surface area (Å²) >= 11 is 0. The first-order valence-corrected chi connectivity index (χ1v) is 8.81. The monoisotopic (exact) mass is 343 g/mol. The average molecular weight is 343 g/mol. The van der Waals surface area contributed by atoms with E-state index in [2.05, 4.69) is 24.2 Å². The van der Waals surface area contributed by atoms with Gasteiger partial charge in [0, 0.05) is 6.61 Å². The van der Waals surface area contributed by atoms with Crippen LogP contribution in [0, 0.1) is 5.92 Å². The normalized spacial score (nSPS) is 11.8. The average Bonchev–Trinajstić information content (AvgIpc) is 2.97. The van der Waals surface area contributed by atoms with Crippen LogP contribution in [-0.4, -0.2) is 60.7 Å². The van der Waals surface area contributed by atoms with Crippen LogP contribution in [0.3, 0.4) is 0 Å². The Morgan fingerprint density at radius 1 is 0.917 bits per heavy atom. The maximum absolute atomic E-state index is 5.53. The SMILES string of the molecule is CC(C)CCOCCOCc1cn(CCOCCOC(C)C)nn1. The van der Waals surface area contributed by atoms with Gasteiger partial charge in [0.25, 0.3) is 0 Å². The third-order valence-corrected chi connectivity index (χ3v) is 3.19. The summed E-state index contributed by atoms with van der Waals surface area (Å²) in [5.41, 5.74) is 0.820. The molecule has 1 aromatic rings. The van der Waals surface area contributed by atoms with Gasteiger partial charge >= 0.3 is 0 Å². The number of rotatable bonds is 15. The summed E-state index contributed by atoms with van der Waals surface area (Å²) in [6.45, 7) is 13.3. The fourth-order valence-corrected chi connectivity index (χ4v) is 1.83. The molecule has 0 amide bonds. The first-order valence-electron chi connectivity index (χ1n) is 8.81. The van der Waals surface area contributed by atoms with Crippen LogP contribution in [0.5, 0.6) is 0 Å². The summed E-state index contributed by atoms with van der Waals surface area (Å²) < 4.78 is 23.7. The minimum atomic E-state index is 0.243. The molecule has 0 bridgehead atoms. The van der Waals surface area contributed by atoms with Gasteiger partial charge < -0.3 is 18.9 Å². The van der Waals surface area contributed by atoms with E-state index in [4.69, 9.17) is 18.9 Å². The van der Waals surface area contributed by atoms with Crippen LogP contribution in [0.4, 0.5) is 0 Å². The Morgan fingerprint density at radius 2 is 1.62 bits per heavy atom. The molecule has 0 saturated carbocycles. The Morgan fingerprint density at radius 3 is 2.38 bits per heavy atom. The second kappa shape index (κ2) is 13.3. The van der Waals surface area contributed by atoms with E-state index >= 15 is 0 Å². The molecule has 0 atom stereocenters. The van der Waals surface area contributed by atoms with Crippen LogP contribution >= 0.6 is 0 Å². The summed E-state index contributed by atoms with van der Waals surface area (Å²) in [5.74, 6) is 0.674. The second-order valence-corrected chi connectivity index (χ2v) is 6.35. The van der Waals surface area contributed by atoms with Crippen LogP contribution in [0.2, 0.25) is 0 Å². The Hall–Kier alpha value is -1.02. The lowest BCUT2D eigenvalue weighted by Gasteiger charge is -2.07. The molecule has 1 rings (SSSR count). The number of hydrogen-bond acceptors (Lipinski definition) is 6. The molecule has 24 heavy (non-hydrogen) atoms. The van der Waals surface area contributed by atoms with Crippen LogP contribution in [0.1, 0.15) is 39.8 Å². The van der Waals surface area contributed by atoms with Crippen molar-refractivity contribution in [2.45, 2.75) is 53.4 Å². The van der Waals surface area contributed by atoms with Crippen molar-refractivity contribution >= 4 is 0 Å². The minimum Gasteiger partial charge on any atom is -0.379 e. The third kappa shape index (κ3) is 11.5. The van der Waals surface area contributed by atoms with E-state index in [1.807, 2.05) is 20.0 Å². The highest BCUT2D eigenvalue weighted by molar-refractivity contribution is 4.89. The van der Waals surface area contributed by atoms with E-state index in [1.165, 1.54) is 0 Å². The fourth-order valence-electron chi connectivity index (χ4n) is 1.83. The van der Waals surface area contributed by atoms with Gasteiger partial charge in [-0.3, -0.25) is 0 Å². The first kappa shape index (κ1) is 21.0. The predicted octanol–water partition coefficient (Wildman–Crippen LogP) is 2.30. The van der Waals surface area contributed by atoms with Crippen molar-refractivity contribution in [3.05, 3.63) is 11.9 Å². The van der Waals surface area contributed by atoms with Gasteiger partial charge in [0.2, 0.25) is 0 Å². The Balaban J connectivity index is 1.99. The summed E-state index contributed by atoms with van der Waals surface area (Å²) in [6.07, 6.45) is 3.21. The third-order valence-electron chi connectivity index (χ3n) is 3.19. The van der Waals surface area contributed by atoms with Gasteiger partial charge in [0.15, 0.2) is 0 Å². The lowest BCUT2D eigenvalue weighted by atomic mass is 10.1. The zero-order chi connectivity index (χ0) is 17.6. The molecule has 0 N–H and O–H groups in total. The fraction of sp³-hybridized carbons (Fsp3) is 0.882. The molecule has 7 nitrogen and oxygen atoms in total. The summed E-state index contributed by atoms with van der Waals surface area (Å²) in [6, 6.07) is 0. The minimum absolute atomic E-state index is 0.243. The van der Waals surface area contributed by atoms with Gasteiger partial charge in [-0.2, -0.15) is 0 Å². The molecule has 0 aliphatic carbocycles. The molecule has 140 valence electrons. The predicted molar refractivity (Wildman–Crippen MR) is 91.9 cm³/mol. The van der Waals surface area contributed by atoms with E-state index < -0.39 is 0 Å². The zero-order valence-electron chi connectivity index (χ0n) is 15.6. The highest BCUT2D eigenvalue weighted by Gasteiger charge is 2.02. The molecular weight excluding hydrogens is 310 g/mol. The van der Waals surface area contributed by atoms with Gasteiger partial charge in [-0.25, -0.2) is 4.68 Å². The summed E-state index contributed by atoms with van der Waals surface area (Å²) in [4.78, 5) is 0. The molecule has 0 radical (unpaired) electrons. The molecule has 0 aliphatic heterocycles. The Bertz CT molecular complexity index is 410. The van der Waals surface area contributed by atoms with Gasteiger partial charge in [-0.1, -0.05) is 19.1 Å². The standard InChI is InChI=1S/C17H33N3O4/c1-15(2)5-7-21-9-10-23-14-17-13-20(19-18-17)6-8-22-11-12-24-16(3)4/h13,15-16H,5-12,14H2,1-4H3. The molecule has 0 aromatic carbocycles. The van der Waals surface area contributed by atoms with Crippen LogP contribution in [-0.2, 0) is 32.1 Å². The molecule has 0 saturated heterocycles. The van der Waals surface area contributed by atoms with Gasteiger partial charge in [-0.15, -0.1) is 5.10 Å². The van der Waals surface area contributed by atoms with Gasteiger partial charge in [0.1, 0.15) is 5.69 Å². The maximum atomic E-state index is 5.53. The van der Waals surface area contributed by atoms with Crippen molar-refractivity contribution < 1.29 is 18.9 Å². The molecular formula is C17H33N3O4. The van der Waals surface area contributed by atoms with Crippen LogP contribution in [0.15, 0.2) is 6.20 Å². The van der Waals surface area contributed by atoms with E-state index in [-0.39, 0.29) is 6.10 Å². The van der Waals surface area contributed by atoms with E-state index in [0.717, 1.165) is 18.7 Å². The number of ether oxygens (including phenoxy) is 4. The second-order valence-electron chi connectivity index (χ2n) is 6.35. The largest absolute Gasteiger partial charge is 0.379 e. The smallest absolute Gasteiger partial charge is 0.108 e.